The molecule has 2 aromatic carbocycles. The van der Waals surface area contributed by atoms with E-state index in [2.05, 4.69) is 11.4 Å². The molecule has 2 aromatic rings. The smallest absolute Gasteiger partial charge is 0.328 e. The molecule has 200 valence electrons. The van der Waals surface area contributed by atoms with Gasteiger partial charge in [0.25, 0.3) is 5.91 Å². The SMILES string of the molecule is CN(C(=O)[C@H](CC(C)(C)C)N1Cc2c(cccc2C(F)(F)F)C1=O)[C@H](C#N)C[C@H]1C(=O)Nc2ccccc21. The second kappa shape index (κ2) is 9.78. The Morgan fingerprint density at radius 2 is 1.84 bits per heavy atom. The number of carbonyl (C=O) groups excluding carboxylic acids is 3. The van der Waals surface area contributed by atoms with Gasteiger partial charge < -0.3 is 15.1 Å². The summed E-state index contributed by atoms with van der Waals surface area (Å²) in [6.07, 6.45) is -4.44. The van der Waals surface area contributed by atoms with Crippen molar-refractivity contribution in [3.63, 3.8) is 0 Å². The Hall–Kier alpha value is -3.87. The van der Waals surface area contributed by atoms with Crippen LogP contribution in [0.1, 0.15) is 66.6 Å². The summed E-state index contributed by atoms with van der Waals surface area (Å²) in [5, 5.41) is 12.7. The first-order valence-electron chi connectivity index (χ1n) is 12.3. The number of nitrogens with zero attached hydrogens (tertiary/aromatic N) is 3. The number of hydrogen-bond donors (Lipinski definition) is 1. The van der Waals surface area contributed by atoms with Gasteiger partial charge in [-0.05, 0) is 47.6 Å². The highest BCUT2D eigenvalue weighted by Crippen LogP contribution is 2.40. The molecule has 2 heterocycles. The lowest BCUT2D eigenvalue weighted by Gasteiger charge is -2.36. The molecule has 0 radical (unpaired) electrons. The first-order valence-corrected chi connectivity index (χ1v) is 12.3. The maximum absolute atomic E-state index is 13.8. The van der Waals surface area contributed by atoms with E-state index in [9.17, 15) is 32.8 Å². The van der Waals surface area contributed by atoms with Gasteiger partial charge in [-0.15, -0.1) is 0 Å². The van der Waals surface area contributed by atoms with Crippen LogP contribution in [-0.2, 0) is 22.3 Å². The van der Waals surface area contributed by atoms with Gasteiger partial charge in [0.15, 0.2) is 0 Å². The Morgan fingerprint density at radius 1 is 1.16 bits per heavy atom. The quantitative estimate of drug-likeness (QED) is 0.577. The number of benzene rings is 2. The summed E-state index contributed by atoms with van der Waals surface area (Å²) < 4.78 is 41.0. The van der Waals surface area contributed by atoms with E-state index in [-0.39, 0.29) is 36.4 Å². The molecule has 0 saturated carbocycles. The molecule has 2 aliphatic heterocycles. The normalized spacial score (nSPS) is 18.4. The number of halogens is 3. The van der Waals surface area contributed by atoms with E-state index < -0.39 is 47.0 Å². The molecule has 0 aliphatic carbocycles. The lowest BCUT2D eigenvalue weighted by molar-refractivity contribution is -0.138. The first kappa shape index (κ1) is 27.2. The molecule has 0 bridgehead atoms. The summed E-state index contributed by atoms with van der Waals surface area (Å²) in [5.41, 5.74) is -0.216. The molecule has 7 nitrogen and oxygen atoms in total. The van der Waals surface area contributed by atoms with Crippen molar-refractivity contribution < 1.29 is 27.6 Å². The molecular weight excluding hydrogens is 497 g/mol. The maximum atomic E-state index is 13.8. The van der Waals surface area contributed by atoms with Crippen LogP contribution in [0.3, 0.4) is 0 Å². The number of rotatable bonds is 6. The molecule has 0 saturated heterocycles. The van der Waals surface area contributed by atoms with Crippen molar-refractivity contribution in [1.29, 1.82) is 5.26 Å². The van der Waals surface area contributed by atoms with Gasteiger partial charge in [-0.3, -0.25) is 14.4 Å². The van der Waals surface area contributed by atoms with Crippen molar-refractivity contribution in [1.82, 2.24) is 9.80 Å². The highest BCUT2D eigenvalue weighted by Gasteiger charge is 2.45. The van der Waals surface area contributed by atoms with E-state index in [1.165, 1.54) is 29.0 Å². The van der Waals surface area contributed by atoms with E-state index in [1.807, 2.05) is 20.8 Å². The lowest BCUT2D eigenvalue weighted by Crippen LogP contribution is -2.52. The van der Waals surface area contributed by atoms with Crippen LogP contribution in [0.25, 0.3) is 0 Å². The third-order valence-corrected chi connectivity index (χ3v) is 7.10. The summed E-state index contributed by atoms with van der Waals surface area (Å²) in [6, 6.07) is 10.6. The van der Waals surface area contributed by atoms with E-state index in [0.29, 0.717) is 5.69 Å². The number of amides is 3. The van der Waals surface area contributed by atoms with Crippen LogP contribution in [0, 0.1) is 16.7 Å². The summed E-state index contributed by atoms with van der Waals surface area (Å²) in [7, 11) is 1.43. The van der Waals surface area contributed by atoms with Crippen LogP contribution < -0.4 is 5.32 Å². The number of nitrogens with one attached hydrogen (secondary N) is 1. The molecule has 2 aliphatic rings. The fourth-order valence-corrected chi connectivity index (χ4v) is 5.20. The minimum Gasteiger partial charge on any atom is -0.328 e. The number of anilines is 1. The van der Waals surface area contributed by atoms with Crippen molar-refractivity contribution in [3.05, 3.63) is 64.7 Å². The fraction of sp³-hybridized carbons (Fsp3) is 0.429. The van der Waals surface area contributed by atoms with E-state index >= 15 is 0 Å². The number of carbonyl (C=O) groups is 3. The van der Waals surface area contributed by atoms with Crippen LogP contribution in [0.2, 0.25) is 0 Å². The van der Waals surface area contributed by atoms with Crippen molar-refractivity contribution >= 4 is 23.4 Å². The van der Waals surface area contributed by atoms with Crippen molar-refractivity contribution in [2.75, 3.05) is 12.4 Å². The second-order valence-corrected chi connectivity index (χ2v) is 11.0. The molecule has 1 N–H and O–H groups in total. The Bertz CT molecular complexity index is 1330. The highest BCUT2D eigenvalue weighted by atomic mass is 19.4. The van der Waals surface area contributed by atoms with E-state index in [1.54, 1.807) is 24.3 Å². The number of hydrogen-bond acceptors (Lipinski definition) is 4. The minimum absolute atomic E-state index is 0.0379. The van der Waals surface area contributed by atoms with Gasteiger partial charge >= 0.3 is 6.18 Å². The van der Waals surface area contributed by atoms with E-state index in [0.717, 1.165) is 11.6 Å². The average Bonchev–Trinajstić information content (AvgIpc) is 3.34. The van der Waals surface area contributed by atoms with Crippen molar-refractivity contribution in [2.24, 2.45) is 5.41 Å². The molecular formula is C28H29F3N4O3. The highest BCUT2D eigenvalue weighted by molar-refractivity contribution is 6.03. The zero-order valence-electron chi connectivity index (χ0n) is 21.6. The van der Waals surface area contributed by atoms with Gasteiger partial charge in [-0.1, -0.05) is 45.0 Å². The number of fused-ring (bicyclic) bond motifs is 2. The Labute approximate surface area is 219 Å². The van der Waals surface area contributed by atoms with Crippen molar-refractivity contribution in [3.8, 4) is 6.07 Å². The van der Waals surface area contributed by atoms with Crippen LogP contribution in [0.5, 0.6) is 0 Å². The van der Waals surface area contributed by atoms with Gasteiger partial charge in [0.1, 0.15) is 12.1 Å². The van der Waals surface area contributed by atoms with E-state index in [4.69, 9.17) is 0 Å². The zero-order chi connectivity index (χ0) is 28.0. The monoisotopic (exact) mass is 526 g/mol. The van der Waals surface area contributed by atoms with Crippen molar-refractivity contribution in [2.45, 2.75) is 64.3 Å². The first-order chi connectivity index (χ1) is 17.7. The Balaban J connectivity index is 1.62. The van der Waals surface area contributed by atoms with Gasteiger partial charge in [0.05, 0.1) is 17.6 Å². The molecule has 10 heteroatoms. The predicted molar refractivity (Wildman–Crippen MR) is 134 cm³/mol. The predicted octanol–water partition coefficient (Wildman–Crippen LogP) is 4.94. The average molecular weight is 527 g/mol. The number of likely N-dealkylation sites (N-methyl/N-ethyl adjacent to an activating group) is 1. The summed E-state index contributed by atoms with van der Waals surface area (Å²) in [5.74, 6) is -2.13. The van der Waals surface area contributed by atoms with Gasteiger partial charge in [-0.2, -0.15) is 18.4 Å². The largest absolute Gasteiger partial charge is 0.416 e. The lowest BCUT2D eigenvalue weighted by atomic mass is 9.86. The maximum Gasteiger partial charge on any atom is 0.416 e. The molecule has 4 rings (SSSR count). The Kier molecular flexibility index (Phi) is 6.99. The number of alkyl halides is 3. The minimum atomic E-state index is -4.65. The third-order valence-electron chi connectivity index (χ3n) is 7.10. The fourth-order valence-electron chi connectivity index (χ4n) is 5.20. The second-order valence-electron chi connectivity index (χ2n) is 11.0. The number of para-hydroxylation sites is 1. The summed E-state index contributed by atoms with van der Waals surface area (Å²) >= 11 is 0. The summed E-state index contributed by atoms with van der Waals surface area (Å²) in [6.45, 7) is 5.23. The molecule has 3 amide bonds. The Morgan fingerprint density at radius 3 is 2.47 bits per heavy atom. The molecule has 0 spiro atoms. The molecule has 0 aromatic heterocycles. The molecule has 3 atom stereocenters. The zero-order valence-corrected chi connectivity index (χ0v) is 21.6. The van der Waals surface area contributed by atoms with Crippen LogP contribution in [0.15, 0.2) is 42.5 Å². The standard InChI is InChI=1S/C28H29F3N4O3/c1-27(2,3)13-23(35-15-20-18(25(35)37)9-7-10-21(20)28(29,30)31)26(38)34(4)16(14-32)12-19-17-8-5-6-11-22(17)33-24(19)36/h5-11,16,19,23H,12-13,15H2,1-4H3,(H,33,36)/t16-,19+,23-/m0/s1. The molecule has 0 fully saturated rings. The van der Waals surface area contributed by atoms with Gasteiger partial charge in [0, 0.05) is 24.8 Å². The summed E-state index contributed by atoms with van der Waals surface area (Å²) in [4.78, 5) is 42.2. The van der Waals surface area contributed by atoms with Gasteiger partial charge in [-0.25, -0.2) is 0 Å². The molecule has 38 heavy (non-hydrogen) atoms. The van der Waals surface area contributed by atoms with Crippen LogP contribution in [-0.4, -0.2) is 46.7 Å². The van der Waals surface area contributed by atoms with Crippen LogP contribution in [0.4, 0.5) is 18.9 Å². The third kappa shape index (κ3) is 5.10. The van der Waals surface area contributed by atoms with Gasteiger partial charge in [0.2, 0.25) is 11.8 Å². The molecule has 0 unspecified atom stereocenters. The number of nitriles is 1. The topological polar surface area (TPSA) is 93.5 Å². The van der Waals surface area contributed by atoms with Crippen LogP contribution >= 0.6 is 0 Å².